The van der Waals surface area contributed by atoms with E-state index in [-0.39, 0.29) is 27.2 Å². The first-order valence-electron chi connectivity index (χ1n) is 7.37. The summed E-state index contributed by atoms with van der Waals surface area (Å²) < 4.78 is 0. The molecular formula is C17H21ClN3OW-. The maximum absolute atomic E-state index is 8.06. The van der Waals surface area contributed by atoms with E-state index in [0.29, 0.717) is 10.9 Å². The minimum atomic E-state index is -0.167. The first-order chi connectivity index (χ1) is 10.5. The molecule has 1 aliphatic carbocycles. The predicted octanol–water partition coefficient (Wildman–Crippen LogP) is 4.03. The molecule has 4 nitrogen and oxygen atoms in total. The number of aromatic nitrogens is 2. The van der Waals surface area contributed by atoms with Gasteiger partial charge in [0.25, 0.3) is 0 Å². The standard InChI is InChI=1S/C14H13ClN3.C3H8O.W/c1-16-14-12(3-2-4-17-14)9-5-10-6-11(15)8-18-13(10)7-9;1-3(2)4;/h2-4,6,8-9H,5,7H2,1H3;3-4H,1-2H3;/q-1;;. The van der Waals surface area contributed by atoms with Crippen molar-refractivity contribution in [1.29, 1.82) is 0 Å². The fourth-order valence-corrected chi connectivity index (χ4v) is 2.76. The monoisotopic (exact) mass is 502 g/mol. The number of pyridine rings is 2. The van der Waals surface area contributed by atoms with Crippen molar-refractivity contribution in [2.24, 2.45) is 0 Å². The van der Waals surface area contributed by atoms with E-state index in [9.17, 15) is 0 Å². The Morgan fingerprint density at radius 2 is 2.00 bits per heavy atom. The fraction of sp³-hybridized carbons (Fsp3) is 0.412. The van der Waals surface area contributed by atoms with Crippen LogP contribution in [0.2, 0.25) is 5.02 Å². The van der Waals surface area contributed by atoms with E-state index in [1.54, 1.807) is 33.3 Å². The topological polar surface area (TPSA) is 60.1 Å². The van der Waals surface area contributed by atoms with E-state index in [4.69, 9.17) is 16.7 Å². The van der Waals surface area contributed by atoms with Gasteiger partial charge in [0.15, 0.2) is 0 Å². The molecule has 0 aliphatic heterocycles. The summed E-state index contributed by atoms with van der Waals surface area (Å²) in [4.78, 5) is 8.72. The molecule has 0 aromatic carbocycles. The first kappa shape index (κ1) is 20.1. The van der Waals surface area contributed by atoms with E-state index in [1.807, 2.05) is 12.1 Å². The van der Waals surface area contributed by atoms with Gasteiger partial charge >= 0.3 is 0 Å². The summed E-state index contributed by atoms with van der Waals surface area (Å²) in [6, 6.07) is 6.09. The predicted molar refractivity (Wildman–Crippen MR) is 89.9 cm³/mol. The Bertz CT molecular complexity index is 634. The normalized spacial score (nSPS) is 15.3. The number of halogens is 1. The summed E-state index contributed by atoms with van der Waals surface area (Å²) >= 11 is 5.98. The molecule has 0 bridgehead atoms. The minimum Gasteiger partial charge on any atom is -0.469 e. The Kier molecular flexibility index (Phi) is 8.18. The van der Waals surface area contributed by atoms with Crippen molar-refractivity contribution in [3.8, 4) is 0 Å². The summed E-state index contributed by atoms with van der Waals surface area (Å²) in [6.45, 7) is 3.44. The van der Waals surface area contributed by atoms with Gasteiger partial charge in [-0.15, -0.1) is 0 Å². The number of aliphatic hydroxyl groups is 1. The molecule has 1 aliphatic rings. The molecule has 0 amide bonds. The van der Waals surface area contributed by atoms with Crippen molar-refractivity contribution in [3.05, 3.63) is 57.8 Å². The molecule has 0 saturated carbocycles. The second-order valence-corrected chi connectivity index (χ2v) is 6.03. The van der Waals surface area contributed by atoms with Gasteiger partial charge in [0, 0.05) is 39.1 Å². The molecule has 0 fully saturated rings. The number of rotatable bonds is 2. The zero-order valence-electron chi connectivity index (χ0n) is 13.5. The number of aliphatic hydroxyl groups excluding tert-OH is 1. The smallest absolute Gasteiger partial charge is 0.0592 e. The van der Waals surface area contributed by atoms with Gasteiger partial charge in [-0.05, 0) is 49.8 Å². The van der Waals surface area contributed by atoms with Crippen LogP contribution >= 0.6 is 11.6 Å². The van der Waals surface area contributed by atoms with Gasteiger partial charge < -0.3 is 15.4 Å². The van der Waals surface area contributed by atoms with Crippen molar-refractivity contribution < 1.29 is 26.2 Å². The second-order valence-electron chi connectivity index (χ2n) is 5.60. The van der Waals surface area contributed by atoms with E-state index in [1.165, 1.54) is 11.1 Å². The molecule has 6 heteroatoms. The van der Waals surface area contributed by atoms with Gasteiger partial charge in [0.05, 0.1) is 5.02 Å². The number of fused-ring (bicyclic) bond motifs is 1. The SMILES string of the molecule is CC(C)O.C[N-]c1ncccc1C1Cc2cc(Cl)cnc2C1.[W]. The summed E-state index contributed by atoms with van der Waals surface area (Å²) in [6.07, 6.45) is 5.25. The third kappa shape index (κ3) is 5.56. The van der Waals surface area contributed by atoms with Crippen LogP contribution in [0.1, 0.15) is 36.6 Å². The molecule has 1 unspecified atom stereocenters. The van der Waals surface area contributed by atoms with Crippen molar-refractivity contribution in [2.45, 2.75) is 38.7 Å². The van der Waals surface area contributed by atoms with Crippen LogP contribution in [0.3, 0.4) is 0 Å². The van der Waals surface area contributed by atoms with Gasteiger partial charge in [0.1, 0.15) is 0 Å². The van der Waals surface area contributed by atoms with E-state index in [2.05, 4.69) is 21.4 Å². The van der Waals surface area contributed by atoms with Crippen LogP contribution in [0.4, 0.5) is 5.82 Å². The average Bonchev–Trinajstić information content (AvgIpc) is 2.89. The molecule has 23 heavy (non-hydrogen) atoms. The first-order valence-corrected chi connectivity index (χ1v) is 7.75. The Morgan fingerprint density at radius 1 is 1.30 bits per heavy atom. The van der Waals surface area contributed by atoms with Gasteiger partial charge in [-0.1, -0.05) is 42.8 Å². The van der Waals surface area contributed by atoms with Crippen LogP contribution in [0, 0.1) is 0 Å². The minimum absolute atomic E-state index is 0. The van der Waals surface area contributed by atoms with Crippen LogP contribution in [0.5, 0.6) is 0 Å². The van der Waals surface area contributed by atoms with E-state index < -0.39 is 0 Å². The van der Waals surface area contributed by atoms with Crippen LogP contribution in [0.25, 0.3) is 5.32 Å². The van der Waals surface area contributed by atoms with Crippen LogP contribution in [-0.2, 0) is 33.9 Å². The Labute approximate surface area is 157 Å². The quantitative estimate of drug-likeness (QED) is 0.675. The number of hydrogen-bond donors (Lipinski definition) is 1. The Hall–Kier alpha value is -0.962. The molecule has 0 saturated heterocycles. The van der Waals surface area contributed by atoms with Gasteiger partial charge in [-0.2, -0.15) is 0 Å². The maximum Gasteiger partial charge on any atom is 0.0592 e. The second kappa shape index (κ2) is 9.36. The maximum atomic E-state index is 8.06. The molecule has 124 valence electrons. The zero-order chi connectivity index (χ0) is 16.1. The molecule has 2 aromatic rings. The van der Waals surface area contributed by atoms with E-state index >= 15 is 0 Å². The van der Waals surface area contributed by atoms with Gasteiger partial charge in [-0.25, -0.2) is 0 Å². The molecule has 2 aromatic heterocycles. The Balaban J connectivity index is 0.000000478. The van der Waals surface area contributed by atoms with Crippen LogP contribution in [-0.4, -0.2) is 28.2 Å². The molecular weight excluding hydrogens is 482 g/mol. The molecule has 0 spiro atoms. The molecule has 2 heterocycles. The van der Waals surface area contributed by atoms with Crippen molar-refractivity contribution in [3.63, 3.8) is 0 Å². The van der Waals surface area contributed by atoms with Crippen LogP contribution < -0.4 is 0 Å². The zero-order valence-corrected chi connectivity index (χ0v) is 17.2. The van der Waals surface area contributed by atoms with Crippen LogP contribution in [0.15, 0.2) is 30.6 Å². The summed E-state index contributed by atoms with van der Waals surface area (Å²) in [5.74, 6) is 1.25. The van der Waals surface area contributed by atoms with Gasteiger partial charge in [-0.3, -0.25) is 4.98 Å². The summed E-state index contributed by atoms with van der Waals surface area (Å²) in [7, 11) is 1.78. The Morgan fingerprint density at radius 3 is 2.65 bits per heavy atom. The fourth-order valence-electron chi connectivity index (χ4n) is 2.58. The van der Waals surface area contributed by atoms with Crippen molar-refractivity contribution in [2.75, 3.05) is 7.05 Å². The number of hydrogen-bond acceptors (Lipinski definition) is 3. The third-order valence-corrected chi connectivity index (χ3v) is 3.61. The van der Waals surface area contributed by atoms with Gasteiger partial charge in [0.2, 0.25) is 0 Å². The summed E-state index contributed by atoms with van der Waals surface area (Å²) in [5, 5.41) is 13.0. The van der Waals surface area contributed by atoms with Crippen molar-refractivity contribution in [1.82, 2.24) is 9.97 Å². The summed E-state index contributed by atoms with van der Waals surface area (Å²) in [5.41, 5.74) is 3.60. The van der Waals surface area contributed by atoms with Crippen molar-refractivity contribution >= 4 is 17.4 Å². The molecule has 1 atom stereocenters. The average molecular weight is 503 g/mol. The molecule has 0 radical (unpaired) electrons. The third-order valence-electron chi connectivity index (χ3n) is 3.40. The number of nitrogens with zero attached hydrogens (tertiary/aromatic N) is 3. The van der Waals surface area contributed by atoms with E-state index in [0.717, 1.165) is 24.4 Å². The molecule has 3 rings (SSSR count). The largest absolute Gasteiger partial charge is 0.469 e. The molecule has 1 N–H and O–H groups in total.